The van der Waals surface area contributed by atoms with Crippen LogP contribution in [0.5, 0.6) is 0 Å². The normalized spacial score (nSPS) is 12.5. The summed E-state index contributed by atoms with van der Waals surface area (Å²) in [7, 11) is 2.38. The summed E-state index contributed by atoms with van der Waals surface area (Å²) < 4.78 is 8.86. The third-order valence-corrected chi connectivity index (χ3v) is 3.73. The Hall–Kier alpha value is -2.01. The molecule has 11 heteroatoms. The maximum atomic E-state index is 12.1. The molecule has 0 aliphatic rings. The largest absolute Gasteiger partial charge is 0.467 e. The number of amides is 3. The number of aliphatic hydroxyl groups excluding tert-OH is 1. The summed E-state index contributed by atoms with van der Waals surface area (Å²) in [5.41, 5.74) is 0. The zero-order valence-electron chi connectivity index (χ0n) is 13.8. The highest BCUT2D eigenvalue weighted by molar-refractivity contribution is 7.99. The molecule has 0 heterocycles. The van der Waals surface area contributed by atoms with Crippen LogP contribution in [0, 0.1) is 0 Å². The van der Waals surface area contributed by atoms with E-state index in [4.69, 9.17) is 5.11 Å². The minimum Gasteiger partial charge on any atom is -0.467 e. The van der Waals surface area contributed by atoms with Gasteiger partial charge in [-0.05, 0) is 0 Å². The van der Waals surface area contributed by atoms with E-state index in [0.29, 0.717) is 12.3 Å². The van der Waals surface area contributed by atoms with Crippen molar-refractivity contribution < 1.29 is 33.8 Å². The Kier molecular flexibility index (Phi) is 11.4. The Labute approximate surface area is 144 Å². The first-order valence-electron chi connectivity index (χ1n) is 7.01. The van der Waals surface area contributed by atoms with Crippen molar-refractivity contribution in [2.75, 3.05) is 38.9 Å². The van der Waals surface area contributed by atoms with E-state index in [-0.39, 0.29) is 5.75 Å². The molecule has 0 radical (unpaired) electrons. The first kappa shape index (κ1) is 22.0. The van der Waals surface area contributed by atoms with Gasteiger partial charge in [0.25, 0.3) is 0 Å². The summed E-state index contributed by atoms with van der Waals surface area (Å²) in [6, 6.07) is -2.10. The number of methoxy groups -OCH3 is 2. The van der Waals surface area contributed by atoms with Crippen molar-refractivity contribution in [3.8, 4) is 0 Å². The number of rotatable bonds is 10. The van der Waals surface area contributed by atoms with Gasteiger partial charge in [0.15, 0.2) is 6.04 Å². The smallest absolute Gasteiger partial charge is 0.406 e. The minimum absolute atomic E-state index is 0.216. The molecule has 0 saturated heterocycles. The van der Waals surface area contributed by atoms with Crippen molar-refractivity contribution in [3.63, 3.8) is 0 Å². The summed E-state index contributed by atoms with van der Waals surface area (Å²) in [5, 5.41) is 16.3. The van der Waals surface area contributed by atoms with Gasteiger partial charge in [0.2, 0.25) is 11.8 Å². The minimum atomic E-state index is -1.20. The SMILES string of the molecule is COC(=O)NCCSC[C@H](NC(C)=O)C(=O)NC(CO)C(=O)OC. The monoisotopic (exact) mass is 365 g/mol. The number of thioether (sulfide) groups is 1. The molecule has 0 saturated carbocycles. The van der Waals surface area contributed by atoms with E-state index in [9.17, 15) is 19.2 Å². The maximum Gasteiger partial charge on any atom is 0.406 e. The Morgan fingerprint density at radius 3 is 2.25 bits per heavy atom. The fourth-order valence-electron chi connectivity index (χ4n) is 1.52. The van der Waals surface area contributed by atoms with Gasteiger partial charge < -0.3 is 30.5 Å². The lowest BCUT2D eigenvalue weighted by molar-refractivity contribution is -0.146. The van der Waals surface area contributed by atoms with Crippen LogP contribution >= 0.6 is 11.8 Å². The van der Waals surface area contributed by atoms with E-state index in [1.54, 1.807) is 0 Å². The predicted octanol–water partition coefficient (Wildman–Crippen LogP) is -1.77. The van der Waals surface area contributed by atoms with E-state index in [0.717, 1.165) is 7.11 Å². The fourth-order valence-corrected chi connectivity index (χ4v) is 2.40. The molecule has 0 spiro atoms. The predicted molar refractivity (Wildman–Crippen MR) is 86.4 cm³/mol. The number of aliphatic hydroxyl groups is 1. The highest BCUT2D eigenvalue weighted by Gasteiger charge is 2.26. The number of hydrogen-bond acceptors (Lipinski definition) is 8. The Bertz CT molecular complexity index is 447. The number of alkyl carbamates (subject to hydrolysis) is 1. The molecular formula is C13H23N3O7S. The molecule has 0 aliphatic carbocycles. The van der Waals surface area contributed by atoms with Gasteiger partial charge in [-0.1, -0.05) is 0 Å². The quantitative estimate of drug-likeness (QED) is 0.263. The number of nitrogens with one attached hydrogen (secondary N) is 3. The molecule has 0 bridgehead atoms. The van der Waals surface area contributed by atoms with E-state index in [2.05, 4.69) is 25.4 Å². The van der Waals surface area contributed by atoms with Crippen LogP contribution in [0.1, 0.15) is 6.92 Å². The van der Waals surface area contributed by atoms with Crippen LogP contribution in [0.2, 0.25) is 0 Å². The molecular weight excluding hydrogens is 342 g/mol. The van der Waals surface area contributed by atoms with Crippen LogP contribution in [-0.4, -0.2) is 79.9 Å². The second kappa shape index (κ2) is 12.4. The van der Waals surface area contributed by atoms with Gasteiger partial charge >= 0.3 is 12.1 Å². The van der Waals surface area contributed by atoms with Crippen molar-refractivity contribution in [2.45, 2.75) is 19.0 Å². The van der Waals surface area contributed by atoms with Gasteiger partial charge in [0.05, 0.1) is 20.8 Å². The third kappa shape index (κ3) is 9.20. The molecule has 24 heavy (non-hydrogen) atoms. The van der Waals surface area contributed by atoms with Crippen LogP contribution in [0.25, 0.3) is 0 Å². The average molecular weight is 365 g/mol. The Morgan fingerprint density at radius 1 is 1.08 bits per heavy atom. The Balaban J connectivity index is 4.47. The van der Waals surface area contributed by atoms with Crippen LogP contribution in [0.4, 0.5) is 4.79 Å². The fraction of sp³-hybridized carbons (Fsp3) is 0.692. The van der Waals surface area contributed by atoms with E-state index in [1.165, 1.54) is 25.8 Å². The molecule has 0 fully saturated rings. The summed E-state index contributed by atoms with van der Waals surface area (Å²) in [4.78, 5) is 45.6. The lowest BCUT2D eigenvalue weighted by Gasteiger charge is -2.20. The standard InChI is InChI=1S/C13H23N3O7S/c1-8(18)15-10(7-24-5-4-14-13(21)23-3)11(19)16-9(6-17)12(20)22-2/h9-10,17H,4-7H2,1-3H3,(H,14,21)(H,15,18)(H,16,19)/t9?,10-/m0/s1. The van der Waals surface area contributed by atoms with Crippen molar-refractivity contribution in [1.29, 1.82) is 0 Å². The molecule has 10 nitrogen and oxygen atoms in total. The second-order valence-corrected chi connectivity index (χ2v) is 5.66. The summed E-state index contributed by atoms with van der Waals surface area (Å²) in [6.07, 6.45) is -0.560. The molecule has 2 atom stereocenters. The third-order valence-electron chi connectivity index (χ3n) is 2.66. The average Bonchev–Trinajstić information content (AvgIpc) is 2.56. The second-order valence-electron chi connectivity index (χ2n) is 4.51. The van der Waals surface area contributed by atoms with E-state index in [1.807, 2.05) is 0 Å². The molecule has 4 N–H and O–H groups in total. The number of esters is 1. The van der Waals surface area contributed by atoms with Gasteiger partial charge in [-0.2, -0.15) is 11.8 Å². The molecule has 0 aromatic carbocycles. The zero-order chi connectivity index (χ0) is 18.5. The zero-order valence-corrected chi connectivity index (χ0v) is 14.6. The van der Waals surface area contributed by atoms with E-state index >= 15 is 0 Å². The van der Waals surface area contributed by atoms with Crippen LogP contribution in [-0.2, 0) is 23.9 Å². The highest BCUT2D eigenvalue weighted by atomic mass is 32.2. The number of ether oxygens (including phenoxy) is 2. The van der Waals surface area contributed by atoms with Crippen molar-refractivity contribution in [3.05, 3.63) is 0 Å². The molecule has 0 rings (SSSR count). The number of carbonyl (C=O) groups is 4. The summed E-state index contributed by atoms with van der Waals surface area (Å²) in [5.74, 6) is -1.13. The first-order valence-corrected chi connectivity index (χ1v) is 8.16. The van der Waals surface area contributed by atoms with Gasteiger partial charge in [0.1, 0.15) is 6.04 Å². The molecule has 3 amide bonds. The van der Waals surface area contributed by atoms with Crippen LogP contribution < -0.4 is 16.0 Å². The van der Waals surface area contributed by atoms with E-state index < -0.39 is 42.6 Å². The van der Waals surface area contributed by atoms with Gasteiger partial charge in [-0.15, -0.1) is 0 Å². The van der Waals surface area contributed by atoms with Crippen LogP contribution in [0.15, 0.2) is 0 Å². The first-order chi connectivity index (χ1) is 11.3. The Morgan fingerprint density at radius 2 is 1.75 bits per heavy atom. The van der Waals surface area contributed by atoms with Crippen molar-refractivity contribution >= 4 is 35.6 Å². The summed E-state index contributed by atoms with van der Waals surface area (Å²) in [6.45, 7) is 0.960. The van der Waals surface area contributed by atoms with Crippen LogP contribution in [0.3, 0.4) is 0 Å². The molecule has 0 aromatic heterocycles. The topological polar surface area (TPSA) is 143 Å². The lowest BCUT2D eigenvalue weighted by Crippen LogP contribution is -2.53. The van der Waals surface area contributed by atoms with Gasteiger partial charge in [-0.3, -0.25) is 9.59 Å². The highest BCUT2D eigenvalue weighted by Crippen LogP contribution is 2.03. The molecule has 1 unspecified atom stereocenters. The van der Waals surface area contributed by atoms with Crippen molar-refractivity contribution in [2.24, 2.45) is 0 Å². The lowest BCUT2D eigenvalue weighted by atomic mass is 10.2. The molecule has 0 aromatic rings. The molecule has 138 valence electrons. The maximum absolute atomic E-state index is 12.1. The number of hydrogen-bond donors (Lipinski definition) is 4. The van der Waals surface area contributed by atoms with Gasteiger partial charge in [0, 0.05) is 25.0 Å². The van der Waals surface area contributed by atoms with Gasteiger partial charge in [-0.25, -0.2) is 9.59 Å². The number of carbonyl (C=O) groups excluding carboxylic acids is 4. The molecule has 0 aliphatic heterocycles. The van der Waals surface area contributed by atoms with Crippen molar-refractivity contribution in [1.82, 2.24) is 16.0 Å². The summed E-state index contributed by atoms with van der Waals surface area (Å²) >= 11 is 1.31.